The fourth-order valence-corrected chi connectivity index (χ4v) is 3.93. The van der Waals surface area contributed by atoms with Gasteiger partial charge in [-0.15, -0.1) is 0 Å². The van der Waals surface area contributed by atoms with Crippen molar-refractivity contribution in [3.8, 4) is 0 Å². The van der Waals surface area contributed by atoms with Gasteiger partial charge < -0.3 is 20.5 Å². The van der Waals surface area contributed by atoms with Crippen LogP contribution in [0.3, 0.4) is 0 Å². The molecule has 0 aromatic heterocycles. The number of hydrogen-bond donors (Lipinski definition) is 2. The number of amides is 2. The van der Waals surface area contributed by atoms with Crippen LogP contribution in [0, 0.1) is 0 Å². The van der Waals surface area contributed by atoms with Crippen LogP contribution in [0.1, 0.15) is 39.0 Å². The number of nitrogens with zero attached hydrogens (tertiary/aromatic N) is 2. The van der Waals surface area contributed by atoms with Crippen LogP contribution in [0.25, 0.3) is 0 Å². The van der Waals surface area contributed by atoms with Crippen LogP contribution < -0.4 is 5.73 Å². The molecule has 2 aliphatic rings. The summed E-state index contributed by atoms with van der Waals surface area (Å²) in [6, 6.07) is 0.271. The lowest BCUT2D eigenvalue weighted by atomic mass is 9.87. The van der Waals surface area contributed by atoms with Crippen molar-refractivity contribution in [2.45, 2.75) is 56.7 Å². The van der Waals surface area contributed by atoms with E-state index in [0.717, 1.165) is 32.1 Å². The Bertz CT molecular complexity index is 452. The molecule has 2 aliphatic heterocycles. The molecule has 0 aromatic carbocycles. The van der Waals surface area contributed by atoms with Crippen LogP contribution in [0.5, 0.6) is 0 Å². The van der Waals surface area contributed by atoms with Crippen LogP contribution in [-0.4, -0.2) is 70.3 Å². The molecule has 7 nitrogen and oxygen atoms in total. The number of rotatable bonds is 7. The molecule has 0 spiro atoms. The standard InChI is InChI=1S/C15H25N3O4/c1-11(20)17(7-8-19)9-13(21)10-18-12-3-2-5-15(18,6-4-12)14(16)22/h8,12-13,21H,2-7,9-10H2,1H3,(H2,16,22)/t12-,13?,15+/m1/s1. The first-order valence-electron chi connectivity index (χ1n) is 7.84. The summed E-state index contributed by atoms with van der Waals surface area (Å²) in [5.41, 5.74) is 4.99. The molecule has 7 heteroatoms. The third kappa shape index (κ3) is 3.15. The summed E-state index contributed by atoms with van der Waals surface area (Å²) in [5, 5.41) is 10.3. The highest BCUT2D eigenvalue weighted by atomic mass is 16.3. The number of carbonyl (C=O) groups is 3. The molecule has 0 aromatic rings. The summed E-state index contributed by atoms with van der Waals surface area (Å²) in [4.78, 5) is 37.3. The number of aliphatic hydroxyl groups excluding tert-OH is 1. The van der Waals surface area contributed by atoms with Crippen LogP contribution in [0.15, 0.2) is 0 Å². The minimum absolute atomic E-state index is 0.0310. The zero-order valence-corrected chi connectivity index (χ0v) is 13.0. The van der Waals surface area contributed by atoms with Gasteiger partial charge in [0.05, 0.1) is 12.6 Å². The number of fused-ring (bicyclic) bond motifs is 2. The molecule has 3 N–H and O–H groups in total. The molecule has 3 atom stereocenters. The van der Waals surface area contributed by atoms with Crippen molar-refractivity contribution in [2.75, 3.05) is 19.6 Å². The van der Waals surface area contributed by atoms with Gasteiger partial charge in [-0.1, -0.05) is 0 Å². The van der Waals surface area contributed by atoms with Crippen LogP contribution in [0.2, 0.25) is 0 Å². The van der Waals surface area contributed by atoms with E-state index < -0.39 is 11.6 Å². The van der Waals surface area contributed by atoms with E-state index >= 15 is 0 Å². The molecular weight excluding hydrogens is 286 g/mol. The number of aliphatic hydroxyl groups is 1. The minimum atomic E-state index is -0.804. The first kappa shape index (κ1) is 16.9. The van der Waals surface area contributed by atoms with Gasteiger partial charge in [0, 0.05) is 26.1 Å². The van der Waals surface area contributed by atoms with E-state index in [0.29, 0.717) is 12.8 Å². The van der Waals surface area contributed by atoms with Crippen molar-refractivity contribution < 1.29 is 19.5 Å². The average Bonchev–Trinajstić information content (AvgIpc) is 2.66. The largest absolute Gasteiger partial charge is 0.390 e. The monoisotopic (exact) mass is 311 g/mol. The lowest BCUT2D eigenvalue weighted by molar-refractivity contribution is -0.135. The summed E-state index contributed by atoms with van der Waals surface area (Å²) < 4.78 is 0. The highest BCUT2D eigenvalue weighted by Crippen LogP contribution is 2.43. The third-order valence-corrected chi connectivity index (χ3v) is 5.05. The lowest BCUT2D eigenvalue weighted by Crippen LogP contribution is -2.60. The van der Waals surface area contributed by atoms with Gasteiger partial charge in [-0.2, -0.15) is 0 Å². The fraction of sp³-hybridized carbons (Fsp3) is 0.800. The van der Waals surface area contributed by atoms with Gasteiger partial charge in [-0.3, -0.25) is 14.5 Å². The van der Waals surface area contributed by atoms with Gasteiger partial charge in [0.15, 0.2) is 0 Å². The van der Waals surface area contributed by atoms with E-state index in [1.807, 2.05) is 4.90 Å². The maximum atomic E-state index is 11.9. The molecule has 22 heavy (non-hydrogen) atoms. The fourth-order valence-electron chi connectivity index (χ4n) is 3.93. The molecule has 2 saturated heterocycles. The second-order valence-corrected chi connectivity index (χ2v) is 6.38. The van der Waals surface area contributed by atoms with E-state index in [2.05, 4.69) is 0 Å². The highest BCUT2D eigenvalue weighted by molar-refractivity contribution is 5.85. The number of hydrogen-bond acceptors (Lipinski definition) is 5. The van der Waals surface area contributed by atoms with E-state index in [9.17, 15) is 19.5 Å². The third-order valence-electron chi connectivity index (χ3n) is 5.05. The van der Waals surface area contributed by atoms with Crippen molar-refractivity contribution in [1.29, 1.82) is 0 Å². The predicted octanol–water partition coefficient (Wildman–Crippen LogP) is -0.733. The molecule has 0 radical (unpaired) electrons. The molecule has 2 bridgehead atoms. The number of nitrogens with two attached hydrogens (primary N) is 1. The summed E-state index contributed by atoms with van der Waals surface area (Å²) in [6.07, 6.45) is 4.21. The Morgan fingerprint density at radius 3 is 2.77 bits per heavy atom. The number of β-amino-alcohol motifs (C(OH)–C–C–N with tert-alkyl or cyclic N) is 1. The summed E-state index contributed by atoms with van der Waals surface area (Å²) >= 11 is 0. The maximum absolute atomic E-state index is 11.9. The van der Waals surface area contributed by atoms with Crippen LogP contribution in [-0.2, 0) is 14.4 Å². The zero-order valence-electron chi connectivity index (χ0n) is 13.0. The zero-order chi connectivity index (χ0) is 16.3. The van der Waals surface area contributed by atoms with Crippen molar-refractivity contribution >= 4 is 18.1 Å². The Morgan fingerprint density at radius 1 is 1.45 bits per heavy atom. The molecule has 124 valence electrons. The second-order valence-electron chi connectivity index (χ2n) is 6.38. The maximum Gasteiger partial charge on any atom is 0.237 e. The van der Waals surface area contributed by atoms with E-state index in [1.165, 1.54) is 11.8 Å². The van der Waals surface area contributed by atoms with Crippen molar-refractivity contribution in [3.05, 3.63) is 0 Å². The molecule has 2 amide bonds. The molecular formula is C15H25N3O4. The number of carbonyl (C=O) groups excluding carboxylic acids is 3. The first-order valence-corrected chi connectivity index (χ1v) is 7.84. The van der Waals surface area contributed by atoms with Crippen LogP contribution >= 0.6 is 0 Å². The Balaban J connectivity index is 2.03. The van der Waals surface area contributed by atoms with Gasteiger partial charge in [-0.05, 0) is 32.1 Å². The van der Waals surface area contributed by atoms with Gasteiger partial charge >= 0.3 is 0 Å². The lowest BCUT2D eigenvalue weighted by Gasteiger charge is -2.43. The number of primary amides is 1. The Morgan fingerprint density at radius 2 is 2.18 bits per heavy atom. The van der Waals surface area contributed by atoms with Gasteiger partial charge in [0.25, 0.3) is 0 Å². The van der Waals surface area contributed by atoms with Crippen molar-refractivity contribution in [1.82, 2.24) is 9.80 Å². The number of piperidine rings is 1. The van der Waals surface area contributed by atoms with Gasteiger partial charge in [0.2, 0.25) is 11.8 Å². The van der Waals surface area contributed by atoms with Crippen molar-refractivity contribution in [3.63, 3.8) is 0 Å². The normalized spacial score (nSPS) is 29.1. The molecule has 2 fully saturated rings. The quantitative estimate of drug-likeness (QED) is 0.603. The Hall–Kier alpha value is -1.47. The first-order chi connectivity index (χ1) is 10.4. The highest BCUT2D eigenvalue weighted by Gasteiger charge is 2.52. The van der Waals surface area contributed by atoms with Crippen molar-refractivity contribution in [2.24, 2.45) is 5.73 Å². The van der Waals surface area contributed by atoms with Crippen LogP contribution in [0.4, 0.5) is 0 Å². The predicted molar refractivity (Wildman–Crippen MR) is 79.8 cm³/mol. The Labute approximate surface area is 130 Å². The molecule has 2 heterocycles. The summed E-state index contributed by atoms with van der Waals surface area (Å²) in [6.45, 7) is 1.73. The minimum Gasteiger partial charge on any atom is -0.390 e. The Kier molecular flexibility index (Phi) is 5.18. The molecule has 1 unspecified atom stereocenters. The molecule has 0 saturated carbocycles. The van der Waals surface area contributed by atoms with Gasteiger partial charge in [-0.25, -0.2) is 0 Å². The average molecular weight is 311 g/mol. The van der Waals surface area contributed by atoms with Gasteiger partial charge in [0.1, 0.15) is 11.8 Å². The van der Waals surface area contributed by atoms with E-state index in [4.69, 9.17) is 5.73 Å². The molecule has 0 aliphatic carbocycles. The summed E-state index contributed by atoms with van der Waals surface area (Å²) in [5.74, 6) is -0.574. The molecule has 2 rings (SSSR count). The number of aldehydes is 1. The topological polar surface area (TPSA) is 104 Å². The smallest absolute Gasteiger partial charge is 0.237 e. The van der Waals surface area contributed by atoms with E-state index in [-0.39, 0.29) is 30.9 Å². The summed E-state index contributed by atoms with van der Waals surface area (Å²) in [7, 11) is 0. The van der Waals surface area contributed by atoms with E-state index in [1.54, 1.807) is 0 Å². The second kappa shape index (κ2) is 6.75. The SMILES string of the molecule is CC(=O)N(CC=O)CC(O)CN1[C@@H]2CCC[C@@]1(C(N)=O)CC2.